The smallest absolute Gasteiger partial charge is 0.191 e. The van der Waals surface area contributed by atoms with Crippen LogP contribution in [0.2, 0.25) is 0 Å². The summed E-state index contributed by atoms with van der Waals surface area (Å²) in [5.41, 5.74) is 0.381. The number of nitrogens with zero attached hydrogens (tertiary/aromatic N) is 1. The number of rotatable bonds is 10. The summed E-state index contributed by atoms with van der Waals surface area (Å²) >= 11 is 0. The fourth-order valence-corrected chi connectivity index (χ4v) is 2.55. The molecule has 0 aliphatic carbocycles. The van der Waals surface area contributed by atoms with Gasteiger partial charge in [-0.15, -0.1) is 24.0 Å². The standard InChI is InChI=1S/C20H27F2N3O2.HI/c1-3-26-12-5-10-23-20(24-11-9-17-6-4-13-27-17)25-15(2)18-8-7-16(21)14-19(18)22;/h4,6-8,13-15H,3,5,9-12H2,1-2H3,(H2,23,24,25);1H. The van der Waals surface area contributed by atoms with Gasteiger partial charge in [-0.25, -0.2) is 8.78 Å². The predicted molar refractivity (Wildman–Crippen MR) is 117 cm³/mol. The predicted octanol–water partition coefficient (Wildman–Crippen LogP) is 4.44. The van der Waals surface area contributed by atoms with Crippen LogP contribution in [0.3, 0.4) is 0 Å². The number of hydrogen-bond acceptors (Lipinski definition) is 3. The number of nitrogens with one attached hydrogen (secondary N) is 2. The zero-order chi connectivity index (χ0) is 19.5. The molecule has 0 bridgehead atoms. The molecule has 1 aromatic heterocycles. The third-order valence-electron chi connectivity index (χ3n) is 3.95. The number of hydrogen-bond donors (Lipinski definition) is 2. The summed E-state index contributed by atoms with van der Waals surface area (Å²) in [4.78, 5) is 4.51. The summed E-state index contributed by atoms with van der Waals surface area (Å²) in [6, 6.07) is 6.96. The van der Waals surface area contributed by atoms with Crippen LogP contribution in [0.5, 0.6) is 0 Å². The van der Waals surface area contributed by atoms with Crippen LogP contribution in [-0.4, -0.2) is 32.3 Å². The Labute approximate surface area is 182 Å². The van der Waals surface area contributed by atoms with E-state index in [9.17, 15) is 8.78 Å². The first-order valence-corrected chi connectivity index (χ1v) is 9.20. The number of furan rings is 1. The van der Waals surface area contributed by atoms with Crippen molar-refractivity contribution in [3.63, 3.8) is 0 Å². The van der Waals surface area contributed by atoms with E-state index >= 15 is 0 Å². The second kappa shape index (κ2) is 13.5. The normalized spacial score (nSPS) is 12.4. The molecule has 2 rings (SSSR count). The van der Waals surface area contributed by atoms with Gasteiger partial charge in [-0.2, -0.15) is 0 Å². The van der Waals surface area contributed by atoms with Crippen molar-refractivity contribution in [1.29, 1.82) is 0 Å². The van der Waals surface area contributed by atoms with E-state index in [1.807, 2.05) is 19.1 Å². The van der Waals surface area contributed by atoms with Crippen molar-refractivity contribution in [1.82, 2.24) is 10.6 Å². The number of aliphatic imine (C=N–C) groups is 1. The number of benzene rings is 1. The third kappa shape index (κ3) is 8.55. The Bertz CT molecular complexity index is 711. The molecule has 1 aromatic carbocycles. The molecular formula is C20H28F2IN3O2. The topological polar surface area (TPSA) is 58.8 Å². The Morgan fingerprint density at radius 1 is 1.29 bits per heavy atom. The maximum atomic E-state index is 14.0. The Morgan fingerprint density at radius 3 is 2.79 bits per heavy atom. The molecule has 28 heavy (non-hydrogen) atoms. The highest BCUT2D eigenvalue weighted by atomic mass is 127. The molecule has 0 aliphatic rings. The molecule has 5 nitrogen and oxygen atoms in total. The average Bonchev–Trinajstić information content (AvgIpc) is 3.14. The van der Waals surface area contributed by atoms with Crippen molar-refractivity contribution in [2.75, 3.05) is 26.3 Å². The van der Waals surface area contributed by atoms with Gasteiger partial charge in [0, 0.05) is 44.4 Å². The average molecular weight is 507 g/mol. The summed E-state index contributed by atoms with van der Waals surface area (Å²) in [6.07, 6.45) is 3.12. The third-order valence-corrected chi connectivity index (χ3v) is 3.95. The minimum Gasteiger partial charge on any atom is -0.469 e. The molecule has 156 valence electrons. The van der Waals surface area contributed by atoms with Gasteiger partial charge in [-0.3, -0.25) is 4.99 Å². The van der Waals surface area contributed by atoms with Gasteiger partial charge < -0.3 is 19.8 Å². The van der Waals surface area contributed by atoms with Crippen molar-refractivity contribution in [3.05, 3.63) is 59.6 Å². The van der Waals surface area contributed by atoms with Crippen molar-refractivity contribution in [3.8, 4) is 0 Å². The minimum absolute atomic E-state index is 0. The van der Waals surface area contributed by atoms with E-state index < -0.39 is 11.6 Å². The van der Waals surface area contributed by atoms with Crippen molar-refractivity contribution < 1.29 is 17.9 Å². The van der Waals surface area contributed by atoms with Crippen LogP contribution >= 0.6 is 24.0 Å². The first-order valence-electron chi connectivity index (χ1n) is 9.20. The van der Waals surface area contributed by atoms with E-state index in [0.717, 1.165) is 18.2 Å². The van der Waals surface area contributed by atoms with E-state index in [2.05, 4.69) is 15.6 Å². The highest BCUT2D eigenvalue weighted by molar-refractivity contribution is 14.0. The lowest BCUT2D eigenvalue weighted by Gasteiger charge is -2.19. The number of guanidine groups is 1. The van der Waals surface area contributed by atoms with Crippen LogP contribution in [-0.2, 0) is 11.2 Å². The molecule has 8 heteroatoms. The van der Waals surface area contributed by atoms with E-state index in [1.54, 1.807) is 13.2 Å². The lowest BCUT2D eigenvalue weighted by atomic mass is 10.1. The molecule has 1 unspecified atom stereocenters. The quantitative estimate of drug-likeness (QED) is 0.216. The molecule has 0 radical (unpaired) electrons. The largest absolute Gasteiger partial charge is 0.469 e. The van der Waals surface area contributed by atoms with Crippen LogP contribution in [0, 0.1) is 11.6 Å². The molecule has 0 amide bonds. The van der Waals surface area contributed by atoms with E-state index in [-0.39, 0.29) is 30.0 Å². The SMILES string of the molecule is CCOCCCN=C(NCCc1ccco1)NC(C)c1ccc(F)cc1F.I. The Balaban J connectivity index is 0.00000392. The summed E-state index contributed by atoms with van der Waals surface area (Å²) in [5.74, 6) is 0.260. The van der Waals surface area contributed by atoms with Crippen molar-refractivity contribution >= 4 is 29.9 Å². The maximum absolute atomic E-state index is 14.0. The van der Waals surface area contributed by atoms with E-state index in [1.165, 1.54) is 12.1 Å². The maximum Gasteiger partial charge on any atom is 0.191 e. The number of ether oxygens (including phenoxy) is 1. The van der Waals surface area contributed by atoms with Gasteiger partial charge in [0.2, 0.25) is 0 Å². The molecule has 0 saturated heterocycles. The zero-order valence-electron chi connectivity index (χ0n) is 16.2. The summed E-state index contributed by atoms with van der Waals surface area (Å²) in [7, 11) is 0. The highest BCUT2D eigenvalue weighted by Crippen LogP contribution is 2.17. The van der Waals surface area contributed by atoms with Gasteiger partial charge >= 0.3 is 0 Å². The zero-order valence-corrected chi connectivity index (χ0v) is 18.5. The molecule has 0 aliphatic heterocycles. The Hall–Kier alpha value is -1.68. The van der Waals surface area contributed by atoms with Crippen molar-refractivity contribution in [2.45, 2.75) is 32.7 Å². The molecule has 1 heterocycles. The van der Waals surface area contributed by atoms with Crippen LogP contribution in [0.4, 0.5) is 8.78 Å². The van der Waals surface area contributed by atoms with E-state index in [4.69, 9.17) is 9.15 Å². The van der Waals surface area contributed by atoms with Crippen molar-refractivity contribution in [2.24, 2.45) is 4.99 Å². The van der Waals surface area contributed by atoms with Crippen LogP contribution in [0.15, 0.2) is 46.0 Å². The Morgan fingerprint density at radius 2 is 2.11 bits per heavy atom. The highest BCUT2D eigenvalue weighted by Gasteiger charge is 2.13. The van der Waals surface area contributed by atoms with Gasteiger partial charge in [-0.05, 0) is 38.5 Å². The molecule has 1 atom stereocenters. The van der Waals surface area contributed by atoms with E-state index in [0.29, 0.717) is 44.2 Å². The second-order valence-corrected chi connectivity index (χ2v) is 6.07. The molecule has 2 N–H and O–H groups in total. The van der Waals surface area contributed by atoms with Gasteiger partial charge in [0.1, 0.15) is 17.4 Å². The van der Waals surface area contributed by atoms with Gasteiger partial charge in [0.05, 0.1) is 12.3 Å². The molecule has 0 saturated carbocycles. The summed E-state index contributed by atoms with van der Waals surface area (Å²) < 4.78 is 37.8. The first kappa shape index (κ1) is 24.4. The molecule has 0 spiro atoms. The minimum atomic E-state index is -0.593. The number of halogens is 3. The Kier molecular flexibility index (Phi) is 11.7. The van der Waals surface area contributed by atoms with Crippen LogP contribution < -0.4 is 10.6 Å². The summed E-state index contributed by atoms with van der Waals surface area (Å²) in [5, 5.41) is 6.39. The fraction of sp³-hybridized carbons (Fsp3) is 0.450. The van der Waals surface area contributed by atoms with Crippen LogP contribution in [0.1, 0.15) is 37.6 Å². The van der Waals surface area contributed by atoms with Gasteiger partial charge in [0.25, 0.3) is 0 Å². The van der Waals surface area contributed by atoms with Gasteiger partial charge in [-0.1, -0.05) is 6.07 Å². The second-order valence-electron chi connectivity index (χ2n) is 6.07. The van der Waals surface area contributed by atoms with Gasteiger partial charge in [0.15, 0.2) is 5.96 Å². The lowest BCUT2D eigenvalue weighted by Crippen LogP contribution is -2.40. The molecule has 0 fully saturated rings. The molecular weight excluding hydrogens is 479 g/mol. The lowest BCUT2D eigenvalue weighted by molar-refractivity contribution is 0.146. The fourth-order valence-electron chi connectivity index (χ4n) is 2.55. The first-order chi connectivity index (χ1) is 13.1. The molecule has 2 aromatic rings. The van der Waals surface area contributed by atoms with Crippen LogP contribution in [0.25, 0.3) is 0 Å². The monoisotopic (exact) mass is 507 g/mol. The summed E-state index contributed by atoms with van der Waals surface area (Å²) in [6.45, 7) is 6.27.